The van der Waals surface area contributed by atoms with Crippen LogP contribution in [0.4, 0.5) is 5.69 Å². The highest BCUT2D eigenvalue weighted by Crippen LogP contribution is 2.18. The van der Waals surface area contributed by atoms with Crippen LogP contribution in [0.1, 0.15) is 34.0 Å². The number of pyridine rings is 1. The number of rotatable bonds is 7. The molecule has 0 aliphatic heterocycles. The van der Waals surface area contributed by atoms with Crippen LogP contribution in [0.2, 0.25) is 5.02 Å². The van der Waals surface area contributed by atoms with Crippen LogP contribution in [-0.2, 0) is 16.1 Å². The van der Waals surface area contributed by atoms with Gasteiger partial charge in [0.25, 0.3) is 5.91 Å². The lowest BCUT2D eigenvalue weighted by Gasteiger charge is -2.09. The summed E-state index contributed by atoms with van der Waals surface area (Å²) in [5, 5.41) is 6.67. The van der Waals surface area contributed by atoms with Crippen LogP contribution in [0, 0.1) is 6.92 Å². The zero-order chi connectivity index (χ0) is 26.6. The lowest BCUT2D eigenvalue weighted by atomic mass is 10.1. The van der Waals surface area contributed by atoms with E-state index in [-0.39, 0.29) is 5.91 Å². The molecule has 0 saturated heterocycles. The van der Waals surface area contributed by atoms with Gasteiger partial charge in [0.1, 0.15) is 19.3 Å². The molecule has 7 nitrogen and oxygen atoms in total. The monoisotopic (exact) mass is 515 g/mol. The molecular formula is C26H31ClN3O4P. The number of halogens is 1. The number of aromatic nitrogens is 1. The molecule has 0 fully saturated rings. The van der Waals surface area contributed by atoms with E-state index in [9.17, 15) is 4.79 Å². The summed E-state index contributed by atoms with van der Waals surface area (Å²) < 4.78 is 5.00. The number of nitrogens with one attached hydrogen (secondary N) is 2. The van der Waals surface area contributed by atoms with Crippen molar-refractivity contribution >= 4 is 51.4 Å². The number of hydrogen-bond donors (Lipinski definition) is 2. The zero-order valence-corrected chi connectivity index (χ0v) is 21.9. The summed E-state index contributed by atoms with van der Waals surface area (Å²) in [6.07, 6.45) is 3.45. The van der Waals surface area contributed by atoms with Gasteiger partial charge in [-0.05, 0) is 48.5 Å². The van der Waals surface area contributed by atoms with Crippen LogP contribution in [0.25, 0.3) is 0 Å². The van der Waals surface area contributed by atoms with E-state index >= 15 is 0 Å². The fraction of sp³-hybridized carbons (Fsp3) is 0.192. The highest BCUT2D eigenvalue weighted by molar-refractivity contribution is 7.19. The number of amides is 1. The van der Waals surface area contributed by atoms with Crippen LogP contribution in [0.5, 0.6) is 5.75 Å². The molecule has 3 aromatic rings. The first-order chi connectivity index (χ1) is 17.0. The smallest absolute Gasteiger partial charge is 0.251 e. The van der Waals surface area contributed by atoms with Gasteiger partial charge in [-0.3, -0.25) is 9.78 Å². The number of anilines is 1. The molecule has 9 heteroatoms. The maximum absolute atomic E-state index is 12.1. The molecule has 0 aliphatic rings. The summed E-state index contributed by atoms with van der Waals surface area (Å²) in [5.41, 5.74) is 4.52. The molecule has 0 atom stereocenters. The minimum Gasteiger partial charge on any atom is -0.495 e. The van der Waals surface area contributed by atoms with E-state index in [0.29, 0.717) is 17.1 Å². The number of carbonyl (C=O) groups is 3. The minimum atomic E-state index is -0.0880. The van der Waals surface area contributed by atoms with Gasteiger partial charge >= 0.3 is 0 Å². The van der Waals surface area contributed by atoms with Crippen LogP contribution in [0.15, 0.2) is 60.9 Å². The van der Waals surface area contributed by atoms with Gasteiger partial charge < -0.3 is 25.0 Å². The summed E-state index contributed by atoms with van der Waals surface area (Å²) in [6.45, 7) is 9.27. The van der Waals surface area contributed by atoms with E-state index in [4.69, 9.17) is 25.9 Å². The van der Waals surface area contributed by atoms with Crippen molar-refractivity contribution in [2.24, 2.45) is 0 Å². The molecule has 186 valence electrons. The zero-order valence-electron chi connectivity index (χ0n) is 20.1. The number of carbonyl (C=O) groups excluding carboxylic acids is 3. The van der Waals surface area contributed by atoms with Gasteiger partial charge in [-0.2, -0.15) is 0 Å². The van der Waals surface area contributed by atoms with Crippen molar-refractivity contribution in [1.29, 1.82) is 0 Å². The van der Waals surface area contributed by atoms with Crippen LogP contribution in [-0.4, -0.2) is 43.9 Å². The van der Waals surface area contributed by atoms with Crippen molar-refractivity contribution in [2.45, 2.75) is 20.4 Å². The first-order valence-corrected chi connectivity index (χ1v) is 11.4. The minimum absolute atomic E-state index is 0.0880. The van der Waals surface area contributed by atoms with Crippen molar-refractivity contribution in [2.75, 3.05) is 19.0 Å². The lowest BCUT2D eigenvalue weighted by Crippen LogP contribution is -2.23. The molecule has 1 aromatic heterocycles. The molecule has 0 unspecified atom stereocenters. The molecule has 2 aromatic carbocycles. The van der Waals surface area contributed by atoms with Crippen LogP contribution < -0.4 is 15.4 Å². The Kier molecular flexibility index (Phi) is 16.9. The Morgan fingerprint density at radius 1 is 1.11 bits per heavy atom. The molecule has 0 radical (unpaired) electrons. The number of ether oxygens (including phenoxy) is 1. The maximum atomic E-state index is 12.1. The van der Waals surface area contributed by atoms with E-state index in [1.54, 1.807) is 25.3 Å². The van der Waals surface area contributed by atoms with Gasteiger partial charge in [-0.1, -0.05) is 41.9 Å². The summed E-state index contributed by atoms with van der Waals surface area (Å²) in [4.78, 5) is 32.1. The summed E-state index contributed by atoms with van der Waals surface area (Å²) in [6, 6.07) is 15.1. The van der Waals surface area contributed by atoms with Crippen molar-refractivity contribution in [3.8, 4) is 5.75 Å². The topological polar surface area (TPSA) is 97.4 Å². The second-order valence-electron chi connectivity index (χ2n) is 6.64. The van der Waals surface area contributed by atoms with Gasteiger partial charge in [0.2, 0.25) is 0 Å². The fourth-order valence-corrected chi connectivity index (χ4v) is 3.16. The van der Waals surface area contributed by atoms with Gasteiger partial charge in [-0.15, -0.1) is 8.86 Å². The Bertz CT molecular complexity index is 1060. The first kappa shape index (κ1) is 31.5. The Morgan fingerprint density at radius 2 is 1.80 bits per heavy atom. The summed E-state index contributed by atoms with van der Waals surface area (Å²) >= 11 is 6.18. The number of hydrogen-bond acceptors (Lipinski definition) is 6. The molecule has 0 saturated carbocycles. The van der Waals surface area contributed by atoms with Gasteiger partial charge in [0.05, 0.1) is 25.2 Å². The average Bonchev–Trinajstić information content (AvgIpc) is 2.91. The summed E-state index contributed by atoms with van der Waals surface area (Å²) in [7, 11) is 4.94. The fourth-order valence-electron chi connectivity index (χ4n) is 2.73. The second kappa shape index (κ2) is 18.8. The third-order valence-corrected chi connectivity index (χ3v) is 5.09. The van der Waals surface area contributed by atoms with E-state index in [0.717, 1.165) is 34.7 Å². The predicted octanol–water partition coefficient (Wildman–Crippen LogP) is 5.02. The maximum Gasteiger partial charge on any atom is 0.251 e. The van der Waals surface area contributed by atoms with E-state index < -0.39 is 0 Å². The van der Waals surface area contributed by atoms with Crippen LogP contribution >= 0.6 is 20.5 Å². The number of methoxy groups -OCH3 is 1. The van der Waals surface area contributed by atoms with Crippen molar-refractivity contribution in [3.63, 3.8) is 0 Å². The molecule has 1 heterocycles. The predicted molar refractivity (Wildman–Crippen MR) is 146 cm³/mol. The quantitative estimate of drug-likeness (QED) is 0.429. The molecular weight excluding hydrogens is 485 g/mol. The Morgan fingerprint density at radius 3 is 2.37 bits per heavy atom. The average molecular weight is 516 g/mol. The highest BCUT2D eigenvalue weighted by Gasteiger charge is 2.08. The third kappa shape index (κ3) is 11.4. The van der Waals surface area contributed by atoms with E-state index in [1.165, 1.54) is 0 Å². The standard InChI is InChI=1S/C16H15ClNOP.C8H12N2O.2CH2O/c1-11-4-2-3-5-14(11)16(19)18-9-13-7-6-12(10-20)8-15(13)17;1-3-10-7-4-8(11-2)6-9-5-7;2*1-2/h2-8,10,20H,9H2,1H3,(H,18,19);4-6,10H,3H2,1-2H3;2*1H2. The Labute approximate surface area is 214 Å². The first-order valence-electron chi connectivity index (χ1n) is 10.4. The molecule has 0 bridgehead atoms. The molecule has 35 heavy (non-hydrogen) atoms. The lowest BCUT2D eigenvalue weighted by molar-refractivity contribution is -0.0987. The molecule has 2 N–H and O–H groups in total. The largest absolute Gasteiger partial charge is 0.495 e. The third-order valence-electron chi connectivity index (χ3n) is 4.40. The molecule has 0 aliphatic carbocycles. The second-order valence-corrected chi connectivity index (χ2v) is 7.33. The number of benzene rings is 2. The highest BCUT2D eigenvalue weighted by atomic mass is 35.5. The van der Waals surface area contributed by atoms with Gasteiger partial charge in [0, 0.05) is 29.7 Å². The number of nitrogens with zero attached hydrogens (tertiary/aromatic N) is 1. The van der Waals surface area contributed by atoms with E-state index in [1.807, 2.05) is 76.0 Å². The summed E-state index contributed by atoms with van der Waals surface area (Å²) in [5.74, 6) is 2.49. The SMILES string of the molecule is C=O.C=O.CCNc1cncc(OC)c1.Cc1ccccc1C(=O)NCc1ccc(C=P)cc1Cl. The van der Waals surface area contributed by atoms with Crippen LogP contribution in [0.3, 0.4) is 0 Å². The van der Waals surface area contributed by atoms with E-state index in [2.05, 4.69) is 24.5 Å². The Balaban J connectivity index is 0.000000652. The van der Waals surface area contributed by atoms with Gasteiger partial charge in [0.15, 0.2) is 0 Å². The Hall–Kier alpha value is -3.54. The van der Waals surface area contributed by atoms with Crippen molar-refractivity contribution in [1.82, 2.24) is 10.3 Å². The normalized spacial score (nSPS) is 8.91. The molecule has 0 spiro atoms. The van der Waals surface area contributed by atoms with Crippen molar-refractivity contribution in [3.05, 3.63) is 88.2 Å². The molecule has 1 amide bonds. The molecule has 3 rings (SSSR count). The van der Waals surface area contributed by atoms with Gasteiger partial charge in [-0.25, -0.2) is 0 Å². The van der Waals surface area contributed by atoms with Crippen molar-refractivity contribution < 1.29 is 19.1 Å². The number of aryl methyl sites for hydroxylation is 1.